The van der Waals surface area contributed by atoms with Gasteiger partial charge in [-0.2, -0.15) is 0 Å². The van der Waals surface area contributed by atoms with Crippen molar-refractivity contribution in [2.45, 2.75) is 6.92 Å². The number of methoxy groups -OCH3 is 1. The summed E-state index contributed by atoms with van der Waals surface area (Å²) in [5, 5.41) is 0.182. The molecule has 1 aromatic rings. The van der Waals surface area contributed by atoms with Crippen LogP contribution in [0.25, 0.3) is 6.08 Å². The molecular weight excluding hydrogens is 204 g/mol. The van der Waals surface area contributed by atoms with Crippen molar-refractivity contribution in [3.05, 3.63) is 23.4 Å². The lowest BCUT2D eigenvalue weighted by molar-refractivity contribution is 0.272. The third-order valence-electron chi connectivity index (χ3n) is 1.46. The number of hydrogen-bond acceptors (Lipinski definition) is 4. The molecule has 0 amide bonds. The molecule has 0 fully saturated rings. The predicted molar refractivity (Wildman–Crippen MR) is 54.3 cm³/mol. The van der Waals surface area contributed by atoms with Crippen LogP contribution in [0, 0.1) is 0 Å². The van der Waals surface area contributed by atoms with Gasteiger partial charge in [-0.15, -0.1) is 0 Å². The highest BCUT2D eigenvalue weighted by Gasteiger charge is 2.02. The zero-order valence-electron chi connectivity index (χ0n) is 8.03. The van der Waals surface area contributed by atoms with Crippen LogP contribution >= 0.6 is 11.6 Å². The molecule has 0 N–H and O–H groups in total. The second-order valence-electron chi connectivity index (χ2n) is 2.35. The molecule has 0 aliphatic rings. The summed E-state index contributed by atoms with van der Waals surface area (Å²) in [5.74, 6) is 0.561. The smallest absolute Gasteiger partial charge is 0.223 e. The normalized spacial score (nSPS) is 10.5. The predicted octanol–water partition coefficient (Wildman–Crippen LogP) is 2.15. The molecule has 5 heteroatoms. The number of hydrogen-bond donors (Lipinski definition) is 0. The SMILES string of the molecule is CCOC=Cc1nc(Cl)ncc1OC. The van der Waals surface area contributed by atoms with Crippen molar-refractivity contribution in [3.63, 3.8) is 0 Å². The largest absolute Gasteiger partial charge is 0.501 e. The van der Waals surface area contributed by atoms with Crippen LogP contribution in [-0.4, -0.2) is 23.7 Å². The Morgan fingerprint density at radius 1 is 1.57 bits per heavy atom. The molecule has 4 nitrogen and oxygen atoms in total. The van der Waals surface area contributed by atoms with Crippen molar-refractivity contribution in [1.82, 2.24) is 9.97 Å². The molecule has 0 saturated carbocycles. The highest BCUT2D eigenvalue weighted by Crippen LogP contribution is 2.17. The van der Waals surface area contributed by atoms with Crippen molar-refractivity contribution in [2.24, 2.45) is 0 Å². The second kappa shape index (κ2) is 5.44. The molecule has 0 unspecified atom stereocenters. The van der Waals surface area contributed by atoms with Gasteiger partial charge in [0, 0.05) is 6.08 Å². The first kappa shape index (κ1) is 10.8. The third-order valence-corrected chi connectivity index (χ3v) is 1.64. The van der Waals surface area contributed by atoms with Crippen LogP contribution in [0.4, 0.5) is 0 Å². The van der Waals surface area contributed by atoms with Gasteiger partial charge >= 0.3 is 0 Å². The first-order valence-electron chi connectivity index (χ1n) is 4.12. The van der Waals surface area contributed by atoms with Crippen LogP contribution in [0.5, 0.6) is 5.75 Å². The summed E-state index contributed by atoms with van der Waals surface area (Å²) in [4.78, 5) is 7.77. The van der Waals surface area contributed by atoms with Crippen molar-refractivity contribution >= 4 is 17.7 Å². The summed E-state index contributed by atoms with van der Waals surface area (Å²) in [6.07, 6.45) is 4.73. The molecule has 0 aromatic carbocycles. The van der Waals surface area contributed by atoms with E-state index in [0.717, 1.165) is 0 Å². The van der Waals surface area contributed by atoms with Crippen LogP contribution in [0.1, 0.15) is 12.6 Å². The van der Waals surface area contributed by atoms with Crippen molar-refractivity contribution in [1.29, 1.82) is 0 Å². The number of aromatic nitrogens is 2. The van der Waals surface area contributed by atoms with Gasteiger partial charge in [-0.3, -0.25) is 0 Å². The van der Waals surface area contributed by atoms with Crippen molar-refractivity contribution in [2.75, 3.05) is 13.7 Å². The maximum Gasteiger partial charge on any atom is 0.223 e. The van der Waals surface area contributed by atoms with Gasteiger partial charge in [0.25, 0.3) is 0 Å². The minimum atomic E-state index is 0.182. The molecule has 0 saturated heterocycles. The lowest BCUT2D eigenvalue weighted by atomic mass is 10.4. The fourth-order valence-electron chi connectivity index (χ4n) is 0.847. The van der Waals surface area contributed by atoms with E-state index in [1.807, 2.05) is 6.92 Å². The quantitative estimate of drug-likeness (QED) is 0.569. The third kappa shape index (κ3) is 2.88. The first-order valence-corrected chi connectivity index (χ1v) is 4.50. The molecule has 1 aromatic heterocycles. The molecule has 1 rings (SSSR count). The Bertz CT molecular complexity index is 329. The standard InChI is InChI=1S/C9H11ClN2O2/c1-3-14-5-4-7-8(13-2)6-11-9(10)12-7/h4-6H,3H2,1-2H3. The van der Waals surface area contributed by atoms with E-state index in [1.54, 1.807) is 19.4 Å². The lowest BCUT2D eigenvalue weighted by Gasteiger charge is -2.02. The Hall–Kier alpha value is -1.29. The molecule has 76 valence electrons. The molecule has 0 aliphatic carbocycles. The summed E-state index contributed by atoms with van der Waals surface area (Å²) in [5.41, 5.74) is 0.598. The van der Waals surface area contributed by atoms with Gasteiger partial charge in [0.2, 0.25) is 5.28 Å². The van der Waals surface area contributed by atoms with E-state index in [-0.39, 0.29) is 5.28 Å². The minimum Gasteiger partial charge on any atom is -0.501 e. The van der Waals surface area contributed by atoms with Gasteiger partial charge < -0.3 is 9.47 Å². The highest BCUT2D eigenvalue weighted by atomic mass is 35.5. The van der Waals surface area contributed by atoms with E-state index in [0.29, 0.717) is 18.1 Å². The molecular formula is C9H11ClN2O2. The molecule has 14 heavy (non-hydrogen) atoms. The Morgan fingerprint density at radius 2 is 2.36 bits per heavy atom. The van der Waals surface area contributed by atoms with E-state index in [9.17, 15) is 0 Å². The maximum atomic E-state index is 5.63. The Kier molecular flexibility index (Phi) is 4.19. The summed E-state index contributed by atoms with van der Waals surface area (Å²) >= 11 is 5.63. The van der Waals surface area contributed by atoms with E-state index in [4.69, 9.17) is 21.1 Å². The van der Waals surface area contributed by atoms with Crippen LogP contribution in [0.15, 0.2) is 12.5 Å². The van der Waals surface area contributed by atoms with Gasteiger partial charge in [-0.25, -0.2) is 9.97 Å². The molecule has 1 heterocycles. The zero-order chi connectivity index (χ0) is 10.4. The van der Waals surface area contributed by atoms with Gasteiger partial charge in [0.05, 0.1) is 26.2 Å². The number of nitrogens with zero attached hydrogens (tertiary/aromatic N) is 2. The monoisotopic (exact) mass is 214 g/mol. The summed E-state index contributed by atoms with van der Waals surface area (Å²) in [7, 11) is 1.55. The number of ether oxygens (including phenoxy) is 2. The zero-order valence-corrected chi connectivity index (χ0v) is 8.78. The molecule has 0 atom stereocenters. The fourth-order valence-corrected chi connectivity index (χ4v) is 0.987. The van der Waals surface area contributed by atoms with E-state index in [2.05, 4.69) is 9.97 Å². The van der Waals surface area contributed by atoms with Crippen LogP contribution in [0.2, 0.25) is 5.28 Å². The van der Waals surface area contributed by atoms with Crippen molar-refractivity contribution in [3.8, 4) is 5.75 Å². The topological polar surface area (TPSA) is 44.2 Å². The average molecular weight is 215 g/mol. The maximum absolute atomic E-state index is 5.63. The minimum absolute atomic E-state index is 0.182. The molecule has 0 aliphatic heterocycles. The Morgan fingerprint density at radius 3 is 3.00 bits per heavy atom. The highest BCUT2D eigenvalue weighted by molar-refractivity contribution is 6.28. The molecule has 0 bridgehead atoms. The Labute approximate surface area is 87.5 Å². The van der Waals surface area contributed by atoms with Crippen LogP contribution in [0.3, 0.4) is 0 Å². The summed E-state index contributed by atoms with van der Waals surface area (Å²) in [6, 6.07) is 0. The van der Waals surface area contributed by atoms with Gasteiger partial charge in [-0.05, 0) is 18.5 Å². The first-order chi connectivity index (χ1) is 6.77. The summed E-state index contributed by atoms with van der Waals surface area (Å²) in [6.45, 7) is 2.51. The lowest BCUT2D eigenvalue weighted by Crippen LogP contribution is -1.93. The van der Waals surface area contributed by atoms with Gasteiger partial charge in [0.1, 0.15) is 5.69 Å². The molecule has 0 radical (unpaired) electrons. The van der Waals surface area contributed by atoms with E-state index < -0.39 is 0 Å². The summed E-state index contributed by atoms with van der Waals surface area (Å²) < 4.78 is 10.1. The van der Waals surface area contributed by atoms with Crippen LogP contribution < -0.4 is 4.74 Å². The fraction of sp³-hybridized carbons (Fsp3) is 0.333. The number of rotatable bonds is 4. The van der Waals surface area contributed by atoms with Gasteiger partial charge in [-0.1, -0.05) is 0 Å². The second-order valence-corrected chi connectivity index (χ2v) is 2.69. The van der Waals surface area contributed by atoms with Gasteiger partial charge in [0.15, 0.2) is 5.75 Å². The molecule has 0 spiro atoms. The van der Waals surface area contributed by atoms with E-state index in [1.165, 1.54) is 6.20 Å². The Balaban J connectivity index is 2.87. The average Bonchev–Trinajstić information content (AvgIpc) is 2.19. The number of halogens is 1. The van der Waals surface area contributed by atoms with Crippen LogP contribution in [-0.2, 0) is 4.74 Å². The van der Waals surface area contributed by atoms with E-state index >= 15 is 0 Å². The van der Waals surface area contributed by atoms with Crippen molar-refractivity contribution < 1.29 is 9.47 Å².